The molecular formula is C28H21ClN2O. The lowest BCUT2D eigenvalue weighted by atomic mass is 9.80. The van der Waals surface area contributed by atoms with Crippen LogP contribution in [0.1, 0.15) is 22.3 Å². The first-order chi connectivity index (χ1) is 15.6. The van der Waals surface area contributed by atoms with Crippen LogP contribution in [-0.4, -0.2) is 15.1 Å². The van der Waals surface area contributed by atoms with Crippen molar-refractivity contribution < 1.29 is 5.11 Å². The molecule has 3 nitrogen and oxygen atoms in total. The average molecular weight is 437 g/mol. The third-order valence-electron chi connectivity index (χ3n) is 5.82. The summed E-state index contributed by atoms with van der Waals surface area (Å²) in [5.41, 5.74) is 4.48. The number of aromatic nitrogens is 2. The Morgan fingerprint density at radius 1 is 0.781 bits per heavy atom. The molecule has 1 N–H and O–H groups in total. The van der Waals surface area contributed by atoms with Gasteiger partial charge in [0.1, 0.15) is 5.60 Å². The zero-order valence-corrected chi connectivity index (χ0v) is 18.3. The second-order valence-electron chi connectivity index (χ2n) is 7.91. The van der Waals surface area contributed by atoms with Crippen molar-refractivity contribution in [3.05, 3.63) is 131 Å². The van der Waals surface area contributed by atoms with Crippen molar-refractivity contribution in [3.63, 3.8) is 0 Å². The van der Waals surface area contributed by atoms with E-state index in [1.165, 1.54) is 0 Å². The topological polar surface area (TPSA) is 46.0 Å². The van der Waals surface area contributed by atoms with Crippen LogP contribution in [0.25, 0.3) is 22.0 Å². The molecule has 0 saturated carbocycles. The van der Waals surface area contributed by atoms with Gasteiger partial charge in [0.05, 0.1) is 10.5 Å². The van der Waals surface area contributed by atoms with Crippen LogP contribution in [-0.2, 0) is 5.60 Å². The number of aryl methyl sites for hydroxylation is 1. The predicted molar refractivity (Wildman–Crippen MR) is 130 cm³/mol. The first-order valence-electron chi connectivity index (χ1n) is 10.4. The maximum absolute atomic E-state index is 12.2. The van der Waals surface area contributed by atoms with Gasteiger partial charge in [-0.1, -0.05) is 83.9 Å². The SMILES string of the molecule is Cc1cccc(C(O)(c2cccnc2)c2ccc3ncc(-c4ccccc4)c(Cl)c3c2)c1. The zero-order chi connectivity index (χ0) is 22.1. The van der Waals surface area contributed by atoms with E-state index in [2.05, 4.69) is 9.97 Å². The highest BCUT2D eigenvalue weighted by atomic mass is 35.5. The monoisotopic (exact) mass is 436 g/mol. The summed E-state index contributed by atoms with van der Waals surface area (Å²) in [6.45, 7) is 2.01. The molecule has 0 bridgehead atoms. The van der Waals surface area contributed by atoms with Crippen molar-refractivity contribution in [3.8, 4) is 11.1 Å². The lowest BCUT2D eigenvalue weighted by Crippen LogP contribution is -2.29. The summed E-state index contributed by atoms with van der Waals surface area (Å²) in [5.74, 6) is 0. The van der Waals surface area contributed by atoms with Gasteiger partial charge in [0, 0.05) is 35.1 Å². The molecule has 0 spiro atoms. The van der Waals surface area contributed by atoms with Gasteiger partial charge in [0.25, 0.3) is 0 Å². The van der Waals surface area contributed by atoms with Gasteiger partial charge in [0.15, 0.2) is 0 Å². The van der Waals surface area contributed by atoms with Crippen molar-refractivity contribution in [2.75, 3.05) is 0 Å². The van der Waals surface area contributed by atoms with Gasteiger partial charge in [-0.15, -0.1) is 0 Å². The Hall–Kier alpha value is -3.53. The van der Waals surface area contributed by atoms with E-state index < -0.39 is 5.60 Å². The first-order valence-corrected chi connectivity index (χ1v) is 10.8. The summed E-state index contributed by atoms with van der Waals surface area (Å²) in [7, 11) is 0. The van der Waals surface area contributed by atoms with Crippen LogP contribution < -0.4 is 0 Å². The number of halogens is 1. The van der Waals surface area contributed by atoms with Gasteiger partial charge < -0.3 is 5.11 Å². The highest BCUT2D eigenvalue weighted by Crippen LogP contribution is 2.40. The zero-order valence-electron chi connectivity index (χ0n) is 17.5. The molecule has 4 heteroatoms. The molecule has 1 atom stereocenters. The van der Waals surface area contributed by atoms with Crippen LogP contribution in [0.3, 0.4) is 0 Å². The van der Waals surface area contributed by atoms with E-state index in [4.69, 9.17) is 11.6 Å². The predicted octanol–water partition coefficient (Wildman–Crippen LogP) is 6.54. The normalized spacial score (nSPS) is 13.1. The number of rotatable bonds is 4. The standard InChI is InChI=1S/C28H21ClN2O/c1-19-7-5-10-21(15-19)28(32,23-11-6-14-30-17-23)22-12-13-26-24(16-22)27(29)25(18-31-26)20-8-3-2-4-9-20/h2-18,32H,1H3. The highest BCUT2D eigenvalue weighted by molar-refractivity contribution is 6.38. The summed E-state index contributed by atoms with van der Waals surface area (Å²) < 4.78 is 0. The van der Waals surface area contributed by atoms with Gasteiger partial charge >= 0.3 is 0 Å². The highest BCUT2D eigenvalue weighted by Gasteiger charge is 2.34. The molecule has 3 aromatic carbocycles. The molecule has 0 aliphatic carbocycles. The second-order valence-corrected chi connectivity index (χ2v) is 8.28. The van der Waals surface area contributed by atoms with E-state index in [9.17, 15) is 5.11 Å². The van der Waals surface area contributed by atoms with Gasteiger partial charge in [-0.2, -0.15) is 0 Å². The fourth-order valence-corrected chi connectivity index (χ4v) is 4.46. The second kappa shape index (κ2) is 8.19. The number of benzene rings is 3. The summed E-state index contributed by atoms with van der Waals surface area (Å²) in [6, 6.07) is 27.3. The van der Waals surface area contributed by atoms with E-state index in [-0.39, 0.29) is 0 Å². The van der Waals surface area contributed by atoms with Crippen LogP contribution >= 0.6 is 11.6 Å². The minimum absolute atomic E-state index is 0.612. The van der Waals surface area contributed by atoms with Gasteiger partial charge in [0.2, 0.25) is 0 Å². The van der Waals surface area contributed by atoms with Crippen LogP contribution in [0.2, 0.25) is 5.02 Å². The number of pyridine rings is 2. The molecule has 32 heavy (non-hydrogen) atoms. The lowest BCUT2D eigenvalue weighted by Gasteiger charge is -2.30. The summed E-state index contributed by atoms with van der Waals surface area (Å²) in [4.78, 5) is 8.88. The molecule has 156 valence electrons. The Labute approximate surface area is 192 Å². The Kier molecular flexibility index (Phi) is 5.22. The molecule has 0 aliphatic rings. The molecule has 2 heterocycles. The Balaban J connectivity index is 1.76. The van der Waals surface area contributed by atoms with E-state index in [1.54, 1.807) is 18.6 Å². The van der Waals surface area contributed by atoms with Crippen LogP contribution in [0, 0.1) is 6.92 Å². The molecule has 0 fully saturated rings. The maximum atomic E-state index is 12.2. The third-order valence-corrected chi connectivity index (χ3v) is 6.23. The lowest BCUT2D eigenvalue weighted by molar-refractivity contribution is 0.125. The fourth-order valence-electron chi connectivity index (χ4n) is 4.15. The van der Waals surface area contributed by atoms with E-state index >= 15 is 0 Å². The van der Waals surface area contributed by atoms with Gasteiger partial charge in [-0.05, 0) is 41.8 Å². The van der Waals surface area contributed by atoms with Crippen molar-refractivity contribution >= 4 is 22.5 Å². The quantitative estimate of drug-likeness (QED) is 0.347. The third kappa shape index (κ3) is 3.46. The smallest absolute Gasteiger partial charge is 0.142 e. The molecule has 0 aliphatic heterocycles. The molecule has 0 amide bonds. The van der Waals surface area contributed by atoms with Crippen molar-refractivity contribution in [1.82, 2.24) is 9.97 Å². The van der Waals surface area contributed by atoms with Gasteiger partial charge in [-0.3, -0.25) is 9.97 Å². The first kappa shape index (κ1) is 20.4. The van der Waals surface area contributed by atoms with Crippen molar-refractivity contribution in [1.29, 1.82) is 0 Å². The Morgan fingerprint density at radius 3 is 2.31 bits per heavy atom. The number of fused-ring (bicyclic) bond motifs is 1. The van der Waals surface area contributed by atoms with Gasteiger partial charge in [-0.25, -0.2) is 0 Å². The molecule has 0 radical (unpaired) electrons. The minimum Gasteiger partial charge on any atom is -0.376 e. The maximum Gasteiger partial charge on any atom is 0.142 e. The number of hydrogen-bond acceptors (Lipinski definition) is 3. The van der Waals surface area contributed by atoms with Crippen LogP contribution in [0.4, 0.5) is 0 Å². The van der Waals surface area contributed by atoms with Crippen molar-refractivity contribution in [2.24, 2.45) is 0 Å². The molecule has 2 aromatic heterocycles. The minimum atomic E-state index is -1.39. The molecular weight excluding hydrogens is 416 g/mol. The molecule has 5 rings (SSSR count). The van der Waals surface area contributed by atoms with Crippen molar-refractivity contribution in [2.45, 2.75) is 12.5 Å². The van der Waals surface area contributed by atoms with E-state index in [1.807, 2.05) is 91.9 Å². The molecule has 0 saturated heterocycles. The van der Waals surface area contributed by atoms with E-state index in [0.29, 0.717) is 16.1 Å². The van der Waals surface area contributed by atoms with E-state index in [0.717, 1.165) is 33.2 Å². The molecule has 5 aromatic rings. The van der Waals surface area contributed by atoms with Crippen LogP contribution in [0.15, 0.2) is 104 Å². The number of aliphatic hydroxyl groups is 1. The average Bonchev–Trinajstić information content (AvgIpc) is 2.85. The summed E-state index contributed by atoms with van der Waals surface area (Å²) in [5, 5.41) is 13.6. The Bertz CT molecular complexity index is 1400. The Morgan fingerprint density at radius 2 is 1.56 bits per heavy atom. The summed E-state index contributed by atoms with van der Waals surface area (Å²) in [6.07, 6.45) is 5.20. The molecule has 1 unspecified atom stereocenters. The largest absolute Gasteiger partial charge is 0.376 e. The summed E-state index contributed by atoms with van der Waals surface area (Å²) >= 11 is 6.88. The number of hydrogen-bond donors (Lipinski definition) is 1. The van der Waals surface area contributed by atoms with Crippen LogP contribution in [0.5, 0.6) is 0 Å². The fraction of sp³-hybridized carbons (Fsp3) is 0.0714. The number of nitrogens with zero attached hydrogens (tertiary/aromatic N) is 2.